The fourth-order valence-electron chi connectivity index (χ4n) is 1.83. The third kappa shape index (κ3) is 5.84. The Hall–Kier alpha value is -0.130. The molecule has 1 aromatic rings. The van der Waals surface area contributed by atoms with Gasteiger partial charge in [0, 0.05) is 23.3 Å². The third-order valence-corrected chi connectivity index (χ3v) is 3.47. The number of benzene rings is 1. The van der Waals surface area contributed by atoms with E-state index >= 15 is 0 Å². The number of hydrogen-bond acceptors (Lipinski definition) is 2. The van der Waals surface area contributed by atoms with Crippen LogP contribution >= 0.6 is 22.6 Å². The third-order valence-electron chi connectivity index (χ3n) is 2.75. The zero-order valence-corrected chi connectivity index (χ0v) is 12.9. The Morgan fingerprint density at radius 2 is 2.00 bits per heavy atom. The van der Waals surface area contributed by atoms with Gasteiger partial charge >= 0.3 is 0 Å². The van der Waals surface area contributed by atoms with E-state index in [9.17, 15) is 0 Å². The molecule has 1 unspecified atom stereocenters. The molecule has 1 atom stereocenters. The van der Waals surface area contributed by atoms with E-state index in [4.69, 9.17) is 4.74 Å². The number of methoxy groups -OCH3 is 1. The van der Waals surface area contributed by atoms with Crippen LogP contribution in [0.5, 0.6) is 0 Å². The molecule has 0 amide bonds. The lowest BCUT2D eigenvalue weighted by atomic mass is 10.0. The average molecular weight is 347 g/mol. The minimum atomic E-state index is 0.460. The lowest BCUT2D eigenvalue weighted by Crippen LogP contribution is -2.22. The number of ether oxygens (including phenoxy) is 1. The molecule has 2 nitrogen and oxygen atoms in total. The van der Waals surface area contributed by atoms with Crippen LogP contribution in [0.1, 0.15) is 37.8 Å². The molecule has 1 N–H and O–H groups in total. The summed E-state index contributed by atoms with van der Waals surface area (Å²) < 4.78 is 6.41. The quantitative estimate of drug-likeness (QED) is 0.571. The molecular weight excluding hydrogens is 325 g/mol. The van der Waals surface area contributed by atoms with E-state index in [1.807, 2.05) is 0 Å². The van der Waals surface area contributed by atoms with E-state index in [0.717, 1.165) is 26.0 Å². The Morgan fingerprint density at radius 3 is 2.59 bits per heavy atom. The zero-order chi connectivity index (χ0) is 12.5. The molecule has 0 aliphatic heterocycles. The number of hydrogen-bond donors (Lipinski definition) is 1. The summed E-state index contributed by atoms with van der Waals surface area (Å²) in [6.07, 6.45) is 3.41. The highest BCUT2D eigenvalue weighted by molar-refractivity contribution is 14.1. The predicted molar refractivity (Wildman–Crippen MR) is 81.3 cm³/mol. The topological polar surface area (TPSA) is 21.3 Å². The van der Waals surface area contributed by atoms with Crippen LogP contribution in [0.25, 0.3) is 0 Å². The van der Waals surface area contributed by atoms with Gasteiger partial charge in [0.1, 0.15) is 0 Å². The predicted octanol–water partition coefficient (Wildman–Crippen LogP) is 3.76. The van der Waals surface area contributed by atoms with Gasteiger partial charge in [0.25, 0.3) is 0 Å². The second kappa shape index (κ2) is 8.89. The normalized spacial score (nSPS) is 12.6. The molecule has 0 aromatic heterocycles. The van der Waals surface area contributed by atoms with Crippen LogP contribution in [0.4, 0.5) is 0 Å². The molecule has 1 aromatic carbocycles. The first-order chi connectivity index (χ1) is 8.27. The van der Waals surface area contributed by atoms with Crippen LogP contribution in [0, 0.1) is 3.57 Å². The van der Waals surface area contributed by atoms with Crippen molar-refractivity contribution in [2.45, 2.75) is 32.2 Å². The molecule has 17 heavy (non-hydrogen) atoms. The Balaban J connectivity index is 2.57. The molecule has 3 heteroatoms. The van der Waals surface area contributed by atoms with Gasteiger partial charge in [0.15, 0.2) is 0 Å². The van der Waals surface area contributed by atoms with Gasteiger partial charge in [-0.15, -0.1) is 0 Å². The van der Waals surface area contributed by atoms with Crippen LogP contribution in [-0.4, -0.2) is 20.3 Å². The maximum atomic E-state index is 5.12. The van der Waals surface area contributed by atoms with E-state index in [-0.39, 0.29) is 0 Å². The fraction of sp³-hybridized carbons (Fsp3) is 0.571. The summed E-state index contributed by atoms with van der Waals surface area (Å²) in [5.41, 5.74) is 1.38. The highest BCUT2D eigenvalue weighted by Gasteiger charge is 2.09. The molecule has 0 radical (unpaired) electrons. The second-order valence-corrected chi connectivity index (χ2v) is 5.44. The Bertz CT molecular complexity index is 300. The molecule has 0 saturated heterocycles. The van der Waals surface area contributed by atoms with E-state index in [2.05, 4.69) is 59.1 Å². The summed E-state index contributed by atoms with van der Waals surface area (Å²) in [6, 6.07) is 9.26. The molecule has 0 saturated carbocycles. The van der Waals surface area contributed by atoms with E-state index in [1.165, 1.54) is 15.6 Å². The van der Waals surface area contributed by atoms with Gasteiger partial charge in [-0.1, -0.05) is 19.1 Å². The van der Waals surface area contributed by atoms with Crippen LogP contribution < -0.4 is 5.32 Å². The van der Waals surface area contributed by atoms with Crippen molar-refractivity contribution in [3.63, 3.8) is 0 Å². The molecule has 1 rings (SSSR count). The van der Waals surface area contributed by atoms with Crippen molar-refractivity contribution in [2.75, 3.05) is 20.3 Å². The summed E-state index contributed by atoms with van der Waals surface area (Å²) in [4.78, 5) is 0. The first-order valence-corrected chi connectivity index (χ1v) is 7.33. The van der Waals surface area contributed by atoms with E-state index < -0.39 is 0 Å². The molecular formula is C14H22INO. The maximum absolute atomic E-state index is 5.12. The SMILES string of the molecule is CCCNC(CCCOC)c1ccc(I)cc1. The molecule has 0 aliphatic carbocycles. The van der Waals surface area contributed by atoms with E-state index in [0.29, 0.717) is 6.04 Å². The molecule has 0 aliphatic rings. The summed E-state index contributed by atoms with van der Waals surface area (Å²) in [5, 5.41) is 3.61. The molecule has 0 spiro atoms. The van der Waals surface area contributed by atoms with Crippen LogP contribution in [-0.2, 0) is 4.74 Å². The smallest absolute Gasteiger partial charge is 0.0462 e. The summed E-state index contributed by atoms with van der Waals surface area (Å²) in [6.45, 7) is 4.12. The van der Waals surface area contributed by atoms with Crippen molar-refractivity contribution in [1.29, 1.82) is 0 Å². The van der Waals surface area contributed by atoms with Gasteiger partial charge in [-0.05, 0) is 66.1 Å². The average Bonchev–Trinajstić information content (AvgIpc) is 2.35. The summed E-state index contributed by atoms with van der Waals surface area (Å²) in [7, 11) is 1.76. The Labute approximate surface area is 118 Å². The van der Waals surface area contributed by atoms with Crippen LogP contribution in [0.3, 0.4) is 0 Å². The molecule has 0 fully saturated rings. The number of rotatable bonds is 8. The van der Waals surface area contributed by atoms with Crippen LogP contribution in [0.15, 0.2) is 24.3 Å². The largest absolute Gasteiger partial charge is 0.385 e. The fourth-order valence-corrected chi connectivity index (χ4v) is 2.19. The first-order valence-electron chi connectivity index (χ1n) is 6.25. The lowest BCUT2D eigenvalue weighted by molar-refractivity contribution is 0.188. The number of halogens is 1. The summed E-state index contributed by atoms with van der Waals surface area (Å²) >= 11 is 2.34. The second-order valence-electron chi connectivity index (χ2n) is 4.19. The monoisotopic (exact) mass is 347 g/mol. The van der Waals surface area contributed by atoms with Crippen molar-refractivity contribution >= 4 is 22.6 Å². The number of nitrogens with one attached hydrogen (secondary N) is 1. The maximum Gasteiger partial charge on any atom is 0.0462 e. The van der Waals surface area contributed by atoms with Crippen molar-refractivity contribution < 1.29 is 4.74 Å². The minimum Gasteiger partial charge on any atom is -0.385 e. The van der Waals surface area contributed by atoms with E-state index in [1.54, 1.807) is 7.11 Å². The van der Waals surface area contributed by atoms with Gasteiger partial charge in [0.2, 0.25) is 0 Å². The Morgan fingerprint density at radius 1 is 1.29 bits per heavy atom. The highest BCUT2D eigenvalue weighted by atomic mass is 127. The van der Waals surface area contributed by atoms with Gasteiger partial charge in [-0.2, -0.15) is 0 Å². The summed E-state index contributed by atoms with van der Waals surface area (Å²) in [5.74, 6) is 0. The Kier molecular flexibility index (Phi) is 7.81. The van der Waals surface area contributed by atoms with Gasteiger partial charge in [-0.3, -0.25) is 0 Å². The highest BCUT2D eigenvalue weighted by Crippen LogP contribution is 2.19. The minimum absolute atomic E-state index is 0.460. The van der Waals surface area contributed by atoms with Crippen LogP contribution in [0.2, 0.25) is 0 Å². The standard InChI is InChI=1S/C14H22INO/c1-3-10-16-14(5-4-11-17-2)12-6-8-13(15)9-7-12/h6-9,14,16H,3-5,10-11H2,1-2H3. The lowest BCUT2D eigenvalue weighted by Gasteiger charge is -2.19. The van der Waals surface area contributed by atoms with Crippen molar-refractivity contribution in [3.05, 3.63) is 33.4 Å². The molecule has 96 valence electrons. The van der Waals surface area contributed by atoms with Crippen molar-refractivity contribution in [1.82, 2.24) is 5.32 Å². The van der Waals surface area contributed by atoms with Crippen molar-refractivity contribution in [3.8, 4) is 0 Å². The van der Waals surface area contributed by atoms with Gasteiger partial charge in [-0.25, -0.2) is 0 Å². The molecule has 0 heterocycles. The van der Waals surface area contributed by atoms with Gasteiger partial charge in [0.05, 0.1) is 0 Å². The van der Waals surface area contributed by atoms with Crippen molar-refractivity contribution in [2.24, 2.45) is 0 Å². The van der Waals surface area contributed by atoms with Gasteiger partial charge < -0.3 is 10.1 Å². The zero-order valence-electron chi connectivity index (χ0n) is 10.7. The molecule has 0 bridgehead atoms. The first kappa shape index (κ1) is 14.9.